The average molecular weight is 915 g/mol. The fraction of sp³-hybridized carbons (Fsp3) is 0.686. The van der Waals surface area contributed by atoms with Crippen molar-refractivity contribution in [2.75, 3.05) is 52.9 Å². The molecule has 3 fully saturated rings. The summed E-state index contributed by atoms with van der Waals surface area (Å²) in [6.45, 7) is 17.1. The Morgan fingerprint density at radius 3 is 1.48 bits per heavy atom. The average Bonchev–Trinajstić information content (AvgIpc) is 4.06. The van der Waals surface area contributed by atoms with Crippen molar-refractivity contribution in [1.29, 1.82) is 0 Å². The molecule has 3 saturated carbocycles. The Kier molecular flexibility index (Phi) is 29.5. The van der Waals surface area contributed by atoms with Crippen LogP contribution in [0.15, 0.2) is 54.6 Å². The van der Waals surface area contributed by atoms with Gasteiger partial charge in [-0.15, -0.1) is 0 Å². The van der Waals surface area contributed by atoms with Crippen LogP contribution in [-0.4, -0.2) is 101 Å². The van der Waals surface area contributed by atoms with E-state index in [1.807, 2.05) is 37.3 Å². The largest absolute Gasteiger partial charge is 0.490 e. The number of rotatable bonds is 30. The summed E-state index contributed by atoms with van der Waals surface area (Å²) in [7, 11) is 0. The Hall–Kier alpha value is -4.56. The lowest BCUT2D eigenvalue weighted by molar-refractivity contribution is -0.164. The van der Waals surface area contributed by atoms with Crippen LogP contribution < -0.4 is 4.74 Å². The van der Waals surface area contributed by atoms with Gasteiger partial charge in [0.25, 0.3) is 0 Å². The molecule has 65 heavy (non-hydrogen) atoms. The molecular formula is C51H78O14. The fourth-order valence-electron chi connectivity index (χ4n) is 8.24. The van der Waals surface area contributed by atoms with E-state index in [1.165, 1.54) is 23.7 Å². The first kappa shape index (κ1) is 56.6. The lowest BCUT2D eigenvalue weighted by atomic mass is 9.82. The van der Waals surface area contributed by atoms with Crippen LogP contribution in [0.3, 0.4) is 0 Å². The standard InChI is InChI=1S/C22H32O6.C19H30O8.C10H16/c1-4-25-16-20(17-27-19-12-8-7-9-13-19)28-21(23)14-10-5-6-11-15-26-22(24)18(2)3;1-5-24-12-16(13-26-19(23)15(4)20)27-17(21)10-8-6-7-9-11-25-18(22)14(2)3;1-2-9-7-4-5-8(6-7)10(9)3-1/h7-9,12-13,20H,2,4-6,10-11,14-17H2,1,3H3;16H,2,5-13H2,1,3-4H3;7-10H,1-6H2. The van der Waals surface area contributed by atoms with Crippen molar-refractivity contribution in [2.24, 2.45) is 23.7 Å². The Morgan fingerprint density at radius 1 is 0.569 bits per heavy atom. The van der Waals surface area contributed by atoms with Crippen molar-refractivity contribution in [3.05, 3.63) is 54.6 Å². The fourth-order valence-corrected chi connectivity index (χ4v) is 8.24. The molecule has 1 aromatic carbocycles. The van der Waals surface area contributed by atoms with E-state index < -0.39 is 35.9 Å². The predicted molar refractivity (Wildman–Crippen MR) is 246 cm³/mol. The van der Waals surface area contributed by atoms with E-state index in [1.54, 1.807) is 59.3 Å². The van der Waals surface area contributed by atoms with Crippen LogP contribution in [0, 0.1) is 23.7 Å². The number of ketones is 1. The number of hydrogen-bond acceptors (Lipinski definition) is 14. The van der Waals surface area contributed by atoms with E-state index in [2.05, 4.69) is 13.2 Å². The third-order valence-electron chi connectivity index (χ3n) is 11.5. The number of esters is 5. The van der Waals surface area contributed by atoms with Crippen LogP contribution in [0.2, 0.25) is 0 Å². The number of hydrogen-bond donors (Lipinski definition) is 0. The lowest BCUT2D eigenvalue weighted by Gasteiger charge is -2.23. The lowest BCUT2D eigenvalue weighted by Crippen LogP contribution is -2.31. The zero-order valence-corrected chi connectivity index (χ0v) is 40.0. The van der Waals surface area contributed by atoms with Gasteiger partial charge in [-0.25, -0.2) is 14.4 Å². The van der Waals surface area contributed by atoms with Gasteiger partial charge in [-0.1, -0.05) is 63.5 Å². The first-order chi connectivity index (χ1) is 31.2. The molecule has 0 N–H and O–H groups in total. The molecule has 3 aliphatic rings. The van der Waals surface area contributed by atoms with Gasteiger partial charge in [0.2, 0.25) is 5.78 Å². The highest BCUT2D eigenvalue weighted by Crippen LogP contribution is 2.58. The Bertz CT molecular complexity index is 1580. The van der Waals surface area contributed by atoms with E-state index >= 15 is 0 Å². The van der Waals surface area contributed by atoms with Crippen LogP contribution in [0.1, 0.15) is 137 Å². The monoisotopic (exact) mass is 915 g/mol. The SMILES string of the molecule is C1CC2C3CCC(C3)C2C1.C=C(C)C(=O)OCCCCCCC(=O)OC(COCC)COC(=O)C(C)=O.C=C(C)C(=O)OCCCCCCC(=O)OC(COCC)COc1ccccc1. The van der Waals surface area contributed by atoms with Gasteiger partial charge >= 0.3 is 29.8 Å². The number of para-hydroxylation sites is 1. The summed E-state index contributed by atoms with van der Waals surface area (Å²) in [4.78, 5) is 68.4. The third kappa shape index (κ3) is 25.1. The number of fused-ring (bicyclic) bond motifs is 5. The molecule has 0 saturated heterocycles. The van der Waals surface area contributed by atoms with Gasteiger partial charge in [-0.2, -0.15) is 0 Å². The number of unbranched alkanes of at least 4 members (excludes halogenated alkanes) is 6. The molecular weight excluding hydrogens is 837 g/mol. The normalized spacial score (nSPS) is 18.5. The van der Waals surface area contributed by atoms with Gasteiger partial charge in [-0.05, 0) is 121 Å². The van der Waals surface area contributed by atoms with Crippen molar-refractivity contribution in [1.82, 2.24) is 0 Å². The second kappa shape index (κ2) is 33.9. The Labute approximate surface area is 387 Å². The molecule has 14 nitrogen and oxygen atoms in total. The van der Waals surface area contributed by atoms with Gasteiger partial charge in [0.15, 0.2) is 12.2 Å². The molecule has 14 heteroatoms. The van der Waals surface area contributed by atoms with Crippen molar-refractivity contribution < 1.29 is 66.7 Å². The second-order valence-corrected chi connectivity index (χ2v) is 17.1. The zero-order chi connectivity index (χ0) is 47.8. The minimum atomic E-state index is -0.972. The molecule has 0 aromatic heterocycles. The summed E-state index contributed by atoms with van der Waals surface area (Å²) in [5.74, 6) is 2.40. The Balaban J connectivity index is 0.000000365. The van der Waals surface area contributed by atoms with Crippen LogP contribution in [0.4, 0.5) is 0 Å². The summed E-state index contributed by atoms with van der Waals surface area (Å²) in [6.07, 6.45) is 15.1. The number of benzene rings is 1. The molecule has 0 aliphatic heterocycles. The Morgan fingerprint density at radius 2 is 1.03 bits per heavy atom. The summed E-state index contributed by atoms with van der Waals surface area (Å²) >= 11 is 0. The van der Waals surface area contributed by atoms with Gasteiger partial charge in [-0.3, -0.25) is 14.4 Å². The van der Waals surface area contributed by atoms with Gasteiger partial charge in [0.1, 0.15) is 19.0 Å². The van der Waals surface area contributed by atoms with Crippen molar-refractivity contribution in [3.8, 4) is 5.75 Å². The summed E-state index contributed by atoms with van der Waals surface area (Å²) in [5, 5.41) is 0. The molecule has 0 radical (unpaired) electrons. The maximum absolute atomic E-state index is 12.1. The molecule has 6 atom stereocenters. The van der Waals surface area contributed by atoms with Gasteiger partial charge < -0.3 is 37.9 Å². The predicted octanol–water partition coefficient (Wildman–Crippen LogP) is 9.05. The number of carbonyl (C=O) groups excluding carboxylic acids is 6. The zero-order valence-electron chi connectivity index (χ0n) is 40.0. The summed E-state index contributed by atoms with van der Waals surface area (Å²) < 4.78 is 41.8. The van der Waals surface area contributed by atoms with E-state index in [0.717, 1.165) is 51.2 Å². The first-order valence-electron chi connectivity index (χ1n) is 23.8. The van der Waals surface area contributed by atoms with E-state index in [-0.39, 0.29) is 38.2 Å². The quantitative estimate of drug-likeness (QED) is 0.0235. The molecule has 2 bridgehead atoms. The van der Waals surface area contributed by atoms with E-state index in [9.17, 15) is 28.8 Å². The summed E-state index contributed by atoms with van der Waals surface area (Å²) in [5.41, 5.74) is 0.772. The van der Waals surface area contributed by atoms with E-state index in [0.29, 0.717) is 63.4 Å². The van der Waals surface area contributed by atoms with Crippen LogP contribution in [0.25, 0.3) is 0 Å². The minimum Gasteiger partial charge on any atom is -0.490 e. The molecule has 366 valence electrons. The van der Waals surface area contributed by atoms with Crippen LogP contribution in [-0.2, 0) is 61.9 Å². The van der Waals surface area contributed by atoms with Crippen molar-refractivity contribution in [3.63, 3.8) is 0 Å². The topological polar surface area (TPSA) is 176 Å². The summed E-state index contributed by atoms with van der Waals surface area (Å²) in [6, 6.07) is 9.40. The molecule has 0 amide bonds. The highest BCUT2D eigenvalue weighted by molar-refractivity contribution is 6.32. The molecule has 0 spiro atoms. The molecule has 1 aromatic rings. The third-order valence-corrected chi connectivity index (χ3v) is 11.5. The highest BCUT2D eigenvalue weighted by atomic mass is 16.6. The van der Waals surface area contributed by atoms with Gasteiger partial charge in [0, 0.05) is 44.1 Å². The molecule has 4 rings (SSSR count). The minimum absolute atomic E-state index is 0.0848. The maximum atomic E-state index is 12.1. The first-order valence-corrected chi connectivity index (χ1v) is 23.8. The highest BCUT2D eigenvalue weighted by Gasteiger charge is 2.48. The smallest absolute Gasteiger partial charge is 0.374 e. The number of Topliss-reactive ketones (excluding diaryl/α,β-unsaturated/α-hetero) is 1. The van der Waals surface area contributed by atoms with Crippen LogP contribution in [0.5, 0.6) is 5.75 Å². The van der Waals surface area contributed by atoms with Crippen LogP contribution >= 0.6 is 0 Å². The van der Waals surface area contributed by atoms with Gasteiger partial charge in [0.05, 0.1) is 26.4 Å². The number of carbonyl (C=O) groups is 6. The molecule has 3 aliphatic carbocycles. The second-order valence-electron chi connectivity index (χ2n) is 17.1. The van der Waals surface area contributed by atoms with Crippen molar-refractivity contribution >= 4 is 35.6 Å². The van der Waals surface area contributed by atoms with Crippen molar-refractivity contribution in [2.45, 2.75) is 150 Å². The van der Waals surface area contributed by atoms with E-state index in [4.69, 9.17) is 37.9 Å². The number of ether oxygens (including phenoxy) is 8. The molecule has 6 unspecified atom stereocenters. The molecule has 0 heterocycles. The maximum Gasteiger partial charge on any atom is 0.374 e.